The number of benzene rings is 1. The third-order valence-electron chi connectivity index (χ3n) is 2.90. The minimum Gasteiger partial charge on any atom is -0.389 e. The minimum atomic E-state index is -0.603. The van der Waals surface area contributed by atoms with Crippen LogP contribution >= 0.6 is 0 Å². The fourth-order valence-electron chi connectivity index (χ4n) is 1.76. The summed E-state index contributed by atoms with van der Waals surface area (Å²) in [5.41, 5.74) is 2.62. The number of aliphatic hydroxyl groups is 1. The topological polar surface area (TPSA) is 46.0 Å². The van der Waals surface area contributed by atoms with Crippen LogP contribution in [-0.2, 0) is 0 Å². The molecule has 18 heavy (non-hydrogen) atoms. The lowest BCUT2D eigenvalue weighted by Gasteiger charge is -2.09. The molecule has 0 saturated carbocycles. The van der Waals surface area contributed by atoms with Crippen LogP contribution in [0.4, 0.5) is 4.39 Å². The van der Waals surface area contributed by atoms with Crippen LogP contribution in [0, 0.1) is 19.7 Å². The minimum absolute atomic E-state index is 0.270. The molecule has 0 bridgehead atoms. The Bertz CT molecular complexity index is 582. The first-order valence-electron chi connectivity index (χ1n) is 5.77. The number of aromatic nitrogens is 2. The highest BCUT2D eigenvalue weighted by molar-refractivity contribution is 5.56. The van der Waals surface area contributed by atoms with Gasteiger partial charge in [0.2, 0.25) is 0 Å². The molecule has 3 nitrogen and oxygen atoms in total. The lowest BCUT2D eigenvalue weighted by molar-refractivity contribution is 0.197. The van der Waals surface area contributed by atoms with E-state index in [9.17, 15) is 9.50 Å². The van der Waals surface area contributed by atoms with E-state index in [1.54, 1.807) is 39.1 Å². The highest BCUT2D eigenvalue weighted by Gasteiger charge is 2.10. The zero-order valence-electron chi connectivity index (χ0n) is 10.6. The molecule has 0 radical (unpaired) electrons. The smallest absolute Gasteiger partial charge is 0.159 e. The van der Waals surface area contributed by atoms with E-state index in [1.807, 2.05) is 0 Å². The molecule has 1 heterocycles. The summed E-state index contributed by atoms with van der Waals surface area (Å²) < 4.78 is 13.5. The van der Waals surface area contributed by atoms with E-state index in [1.165, 1.54) is 6.07 Å². The van der Waals surface area contributed by atoms with Crippen molar-refractivity contribution in [2.75, 3.05) is 0 Å². The molecule has 2 rings (SSSR count). The number of aryl methyl sites for hydroxylation is 2. The second kappa shape index (κ2) is 4.82. The second-order valence-electron chi connectivity index (χ2n) is 4.37. The molecule has 1 aromatic heterocycles. The molecule has 0 spiro atoms. The molecule has 0 fully saturated rings. The number of rotatable bonds is 2. The summed E-state index contributed by atoms with van der Waals surface area (Å²) in [6.07, 6.45) is 0.980. The Morgan fingerprint density at radius 1 is 1.28 bits per heavy atom. The Hall–Kier alpha value is -1.81. The van der Waals surface area contributed by atoms with Crippen molar-refractivity contribution in [2.24, 2.45) is 0 Å². The van der Waals surface area contributed by atoms with Crippen LogP contribution in [0.25, 0.3) is 11.4 Å². The van der Waals surface area contributed by atoms with Gasteiger partial charge in [-0.3, -0.25) is 0 Å². The van der Waals surface area contributed by atoms with Crippen LogP contribution in [0.3, 0.4) is 0 Å². The molecule has 1 aromatic carbocycles. The van der Waals surface area contributed by atoms with Gasteiger partial charge in [0.05, 0.1) is 6.10 Å². The number of hydrogen-bond donors (Lipinski definition) is 1. The maximum atomic E-state index is 13.5. The lowest BCUT2D eigenvalue weighted by atomic mass is 10.1. The van der Waals surface area contributed by atoms with Crippen LogP contribution in [0.15, 0.2) is 24.4 Å². The molecular weight excluding hydrogens is 231 g/mol. The maximum Gasteiger partial charge on any atom is 0.159 e. The zero-order chi connectivity index (χ0) is 13.3. The van der Waals surface area contributed by atoms with E-state index in [2.05, 4.69) is 9.97 Å². The lowest BCUT2D eigenvalue weighted by Crippen LogP contribution is -2.01. The molecule has 0 saturated heterocycles. The zero-order valence-corrected chi connectivity index (χ0v) is 10.6. The first kappa shape index (κ1) is 12.6. The highest BCUT2D eigenvalue weighted by atomic mass is 19.1. The Labute approximate surface area is 105 Å². The molecule has 1 N–H and O–H groups in total. The third kappa shape index (κ3) is 2.38. The van der Waals surface area contributed by atoms with Gasteiger partial charge in [-0.25, -0.2) is 14.4 Å². The Kier molecular flexibility index (Phi) is 3.39. The summed E-state index contributed by atoms with van der Waals surface area (Å²) >= 11 is 0. The van der Waals surface area contributed by atoms with Crippen LogP contribution < -0.4 is 0 Å². The summed E-state index contributed by atoms with van der Waals surface area (Å²) in [6.45, 7) is 5.18. The number of nitrogens with zero attached hydrogens (tertiary/aromatic N) is 2. The van der Waals surface area contributed by atoms with Gasteiger partial charge in [0.25, 0.3) is 0 Å². The maximum absolute atomic E-state index is 13.5. The van der Waals surface area contributed by atoms with Crippen molar-refractivity contribution in [1.29, 1.82) is 0 Å². The van der Waals surface area contributed by atoms with Gasteiger partial charge in [-0.1, -0.05) is 12.1 Å². The summed E-state index contributed by atoms with van der Waals surface area (Å²) in [6, 6.07) is 4.91. The van der Waals surface area contributed by atoms with Crippen molar-refractivity contribution < 1.29 is 9.50 Å². The predicted octanol–water partition coefficient (Wildman–Crippen LogP) is 2.95. The van der Waals surface area contributed by atoms with E-state index >= 15 is 0 Å². The van der Waals surface area contributed by atoms with Crippen LogP contribution in [0.5, 0.6) is 0 Å². The first-order chi connectivity index (χ1) is 8.49. The Balaban J connectivity index is 2.45. The molecule has 1 atom stereocenters. The predicted molar refractivity (Wildman–Crippen MR) is 67.5 cm³/mol. The van der Waals surface area contributed by atoms with Gasteiger partial charge in [0, 0.05) is 23.0 Å². The molecule has 94 valence electrons. The van der Waals surface area contributed by atoms with Crippen molar-refractivity contribution in [1.82, 2.24) is 9.97 Å². The number of halogens is 1. The molecular formula is C14H15FN2O. The molecule has 0 amide bonds. The van der Waals surface area contributed by atoms with Crippen LogP contribution in [0.1, 0.15) is 29.8 Å². The van der Waals surface area contributed by atoms with Gasteiger partial charge >= 0.3 is 0 Å². The summed E-state index contributed by atoms with van der Waals surface area (Å²) in [5.74, 6) is 0.198. The Morgan fingerprint density at radius 3 is 2.56 bits per heavy atom. The van der Waals surface area contributed by atoms with E-state index in [0.29, 0.717) is 28.2 Å². The first-order valence-corrected chi connectivity index (χ1v) is 5.77. The second-order valence-corrected chi connectivity index (χ2v) is 4.37. The van der Waals surface area contributed by atoms with Gasteiger partial charge in [0.15, 0.2) is 5.82 Å². The number of hydrogen-bond acceptors (Lipinski definition) is 3. The standard InChI is InChI=1S/C14H15FN2O/c1-8-4-5-11(6-13(8)15)14-16-7-12(10(3)18)9(2)17-14/h4-7,10,18H,1-3H3/t10-/m0/s1. The molecule has 0 aliphatic heterocycles. The van der Waals surface area contributed by atoms with E-state index in [4.69, 9.17) is 0 Å². The molecule has 2 aromatic rings. The fourth-order valence-corrected chi connectivity index (χ4v) is 1.76. The van der Waals surface area contributed by atoms with E-state index in [0.717, 1.165) is 0 Å². The van der Waals surface area contributed by atoms with Crippen LogP contribution in [0.2, 0.25) is 0 Å². The largest absolute Gasteiger partial charge is 0.389 e. The summed E-state index contributed by atoms with van der Waals surface area (Å²) in [4.78, 5) is 8.46. The van der Waals surface area contributed by atoms with Crippen molar-refractivity contribution >= 4 is 0 Å². The van der Waals surface area contributed by atoms with Gasteiger partial charge < -0.3 is 5.11 Å². The van der Waals surface area contributed by atoms with Gasteiger partial charge in [-0.2, -0.15) is 0 Å². The van der Waals surface area contributed by atoms with Gasteiger partial charge in [-0.05, 0) is 32.4 Å². The van der Waals surface area contributed by atoms with Crippen molar-refractivity contribution in [3.8, 4) is 11.4 Å². The SMILES string of the molecule is Cc1ccc(-c2ncc([C@H](C)O)c(C)n2)cc1F. The average molecular weight is 246 g/mol. The van der Waals surface area contributed by atoms with E-state index in [-0.39, 0.29) is 5.82 Å². The van der Waals surface area contributed by atoms with Crippen molar-refractivity contribution in [3.05, 3.63) is 47.0 Å². The fraction of sp³-hybridized carbons (Fsp3) is 0.286. The molecule has 0 aliphatic rings. The summed E-state index contributed by atoms with van der Waals surface area (Å²) in [5, 5.41) is 9.51. The monoisotopic (exact) mass is 246 g/mol. The highest BCUT2D eigenvalue weighted by Crippen LogP contribution is 2.21. The average Bonchev–Trinajstić information content (AvgIpc) is 2.32. The van der Waals surface area contributed by atoms with Crippen molar-refractivity contribution in [2.45, 2.75) is 26.9 Å². The third-order valence-corrected chi connectivity index (χ3v) is 2.90. The van der Waals surface area contributed by atoms with E-state index < -0.39 is 6.10 Å². The van der Waals surface area contributed by atoms with Crippen molar-refractivity contribution in [3.63, 3.8) is 0 Å². The summed E-state index contributed by atoms with van der Waals surface area (Å²) in [7, 11) is 0. The quantitative estimate of drug-likeness (QED) is 0.886. The van der Waals surface area contributed by atoms with Gasteiger partial charge in [0.1, 0.15) is 5.82 Å². The molecule has 0 unspecified atom stereocenters. The van der Waals surface area contributed by atoms with Gasteiger partial charge in [-0.15, -0.1) is 0 Å². The molecule has 4 heteroatoms. The normalized spacial score (nSPS) is 12.5. The molecule has 0 aliphatic carbocycles. The number of aliphatic hydroxyl groups excluding tert-OH is 1. The Morgan fingerprint density at radius 2 is 2.00 bits per heavy atom. The van der Waals surface area contributed by atoms with Crippen LogP contribution in [-0.4, -0.2) is 15.1 Å².